The van der Waals surface area contributed by atoms with E-state index in [1.165, 1.54) is 6.20 Å². The van der Waals surface area contributed by atoms with Gasteiger partial charge in [-0.15, -0.1) is 4.37 Å². The average molecular weight is 261 g/mol. The van der Waals surface area contributed by atoms with E-state index in [2.05, 4.69) is 14.1 Å². The van der Waals surface area contributed by atoms with Crippen molar-refractivity contribution in [3.63, 3.8) is 0 Å². The van der Waals surface area contributed by atoms with Crippen molar-refractivity contribution in [3.8, 4) is 5.88 Å². The molecule has 0 spiro atoms. The fraction of sp³-hybridized carbons (Fsp3) is 0.800. The molecule has 2 atom stereocenters. The van der Waals surface area contributed by atoms with Crippen LogP contribution in [-0.4, -0.2) is 50.9 Å². The molecule has 98 valence electrons. The summed E-state index contributed by atoms with van der Waals surface area (Å²) in [6.07, 6.45) is 0.875. The third-order valence-corrected chi connectivity index (χ3v) is 2.84. The van der Waals surface area contributed by atoms with Crippen LogP contribution < -0.4 is 10.1 Å². The molecule has 0 aliphatic heterocycles. The van der Waals surface area contributed by atoms with E-state index < -0.39 is 6.10 Å². The van der Waals surface area contributed by atoms with Crippen molar-refractivity contribution in [2.45, 2.75) is 26.0 Å². The summed E-state index contributed by atoms with van der Waals surface area (Å²) in [6.45, 7) is 4.62. The number of nitrogens with one attached hydrogen (secondary N) is 1. The van der Waals surface area contributed by atoms with Gasteiger partial charge in [-0.2, -0.15) is 4.37 Å². The largest absolute Gasteiger partial charge is 0.473 e. The lowest BCUT2D eigenvalue weighted by molar-refractivity contribution is 0.0944. The molecular formula is C10H19N3O3S. The number of hydrogen-bond donors (Lipinski definition) is 3. The van der Waals surface area contributed by atoms with Crippen LogP contribution in [-0.2, 0) is 0 Å². The Morgan fingerprint density at radius 1 is 1.53 bits per heavy atom. The van der Waals surface area contributed by atoms with Crippen LogP contribution in [0, 0.1) is 5.92 Å². The van der Waals surface area contributed by atoms with Gasteiger partial charge < -0.3 is 20.3 Å². The van der Waals surface area contributed by atoms with E-state index in [0.29, 0.717) is 18.3 Å². The van der Waals surface area contributed by atoms with Crippen LogP contribution in [0.4, 0.5) is 0 Å². The Morgan fingerprint density at radius 2 is 2.29 bits per heavy atom. The lowest BCUT2D eigenvalue weighted by Crippen LogP contribution is -2.42. The molecule has 0 saturated carbocycles. The SMILES string of the molecule is CC(C)[C@@H](CO)NCC(O)COc1cnsn1. The molecule has 7 heteroatoms. The van der Waals surface area contributed by atoms with Crippen molar-refractivity contribution in [2.75, 3.05) is 19.8 Å². The number of ether oxygens (including phenoxy) is 1. The van der Waals surface area contributed by atoms with Crippen LogP contribution in [0.5, 0.6) is 5.88 Å². The van der Waals surface area contributed by atoms with Gasteiger partial charge in [0.05, 0.1) is 18.3 Å². The molecule has 0 amide bonds. The predicted molar refractivity (Wildman–Crippen MR) is 65.1 cm³/mol. The minimum absolute atomic E-state index is 0.00871. The maximum absolute atomic E-state index is 9.66. The molecule has 0 aromatic carbocycles. The molecule has 1 aromatic rings. The Balaban J connectivity index is 2.18. The number of rotatable bonds is 8. The summed E-state index contributed by atoms with van der Waals surface area (Å²) in [5.41, 5.74) is 0. The fourth-order valence-corrected chi connectivity index (χ4v) is 1.62. The van der Waals surface area contributed by atoms with E-state index in [9.17, 15) is 5.11 Å². The van der Waals surface area contributed by atoms with Crippen molar-refractivity contribution < 1.29 is 14.9 Å². The second-order valence-corrected chi connectivity index (χ2v) is 4.71. The second-order valence-electron chi connectivity index (χ2n) is 4.15. The Hall–Kier alpha value is -0.760. The molecule has 1 aromatic heterocycles. The summed E-state index contributed by atoms with van der Waals surface area (Å²) in [7, 11) is 0. The highest BCUT2D eigenvalue weighted by Crippen LogP contribution is 2.05. The lowest BCUT2D eigenvalue weighted by atomic mass is 10.1. The summed E-state index contributed by atoms with van der Waals surface area (Å²) >= 11 is 1.06. The smallest absolute Gasteiger partial charge is 0.245 e. The van der Waals surface area contributed by atoms with Gasteiger partial charge in [0.1, 0.15) is 18.9 Å². The summed E-state index contributed by atoms with van der Waals surface area (Å²) < 4.78 is 12.9. The van der Waals surface area contributed by atoms with Gasteiger partial charge in [-0.25, -0.2) is 0 Å². The average Bonchev–Trinajstić information content (AvgIpc) is 2.79. The normalized spacial score (nSPS) is 14.9. The third-order valence-electron chi connectivity index (χ3n) is 2.38. The topological polar surface area (TPSA) is 87.5 Å². The van der Waals surface area contributed by atoms with Gasteiger partial charge in [-0.3, -0.25) is 0 Å². The van der Waals surface area contributed by atoms with Gasteiger partial charge in [0.25, 0.3) is 0 Å². The van der Waals surface area contributed by atoms with Crippen molar-refractivity contribution in [2.24, 2.45) is 5.92 Å². The molecule has 0 aliphatic carbocycles. The lowest BCUT2D eigenvalue weighted by Gasteiger charge is -2.21. The van der Waals surface area contributed by atoms with Gasteiger partial charge in [0, 0.05) is 12.6 Å². The molecule has 0 aliphatic rings. The van der Waals surface area contributed by atoms with E-state index in [1.54, 1.807) is 0 Å². The fourth-order valence-electron chi connectivity index (χ4n) is 1.26. The van der Waals surface area contributed by atoms with E-state index >= 15 is 0 Å². The predicted octanol–water partition coefficient (Wildman–Crippen LogP) is -0.116. The summed E-state index contributed by atoms with van der Waals surface area (Å²) in [4.78, 5) is 0. The highest BCUT2D eigenvalue weighted by Gasteiger charge is 2.14. The molecule has 0 fully saturated rings. The minimum Gasteiger partial charge on any atom is -0.473 e. The standard InChI is InChI=1S/C10H19N3O3S/c1-7(2)9(5-14)11-3-8(15)6-16-10-4-12-17-13-10/h4,7-9,11,14-15H,3,5-6H2,1-2H3/t8?,9-/m1/s1. The maximum atomic E-state index is 9.66. The van der Waals surface area contributed by atoms with Crippen molar-refractivity contribution >= 4 is 11.7 Å². The Kier molecular flexibility index (Phi) is 6.35. The summed E-state index contributed by atoms with van der Waals surface area (Å²) in [5.74, 6) is 0.743. The van der Waals surface area contributed by atoms with Crippen LogP contribution >= 0.6 is 11.7 Å². The third kappa shape index (κ3) is 5.40. The molecule has 1 heterocycles. The molecule has 3 N–H and O–H groups in total. The first-order valence-corrected chi connectivity index (χ1v) is 6.29. The number of aliphatic hydroxyl groups is 2. The van der Waals surface area contributed by atoms with Crippen LogP contribution in [0.2, 0.25) is 0 Å². The Bertz CT molecular complexity index is 295. The van der Waals surface area contributed by atoms with Crippen molar-refractivity contribution in [1.29, 1.82) is 0 Å². The summed E-state index contributed by atoms with van der Waals surface area (Å²) in [5, 5.41) is 21.8. The first-order chi connectivity index (χ1) is 8.13. The summed E-state index contributed by atoms with van der Waals surface area (Å²) in [6, 6.07) is -0.00871. The number of nitrogens with zero attached hydrogens (tertiary/aromatic N) is 2. The first kappa shape index (κ1) is 14.3. The van der Waals surface area contributed by atoms with E-state index in [4.69, 9.17) is 9.84 Å². The van der Waals surface area contributed by atoms with Crippen LogP contribution in [0.1, 0.15) is 13.8 Å². The van der Waals surface area contributed by atoms with Gasteiger partial charge in [0.2, 0.25) is 5.88 Å². The van der Waals surface area contributed by atoms with E-state index in [-0.39, 0.29) is 19.3 Å². The highest BCUT2D eigenvalue weighted by molar-refractivity contribution is 6.99. The van der Waals surface area contributed by atoms with Crippen LogP contribution in [0.15, 0.2) is 6.20 Å². The Labute approximate surface area is 105 Å². The molecule has 0 radical (unpaired) electrons. The van der Waals surface area contributed by atoms with E-state index in [0.717, 1.165) is 11.7 Å². The van der Waals surface area contributed by atoms with Gasteiger partial charge in [0.15, 0.2) is 0 Å². The second kappa shape index (κ2) is 7.54. The molecule has 0 saturated heterocycles. The Morgan fingerprint density at radius 3 is 2.82 bits per heavy atom. The van der Waals surface area contributed by atoms with Gasteiger partial charge in [-0.1, -0.05) is 13.8 Å². The molecule has 1 unspecified atom stereocenters. The quantitative estimate of drug-likeness (QED) is 0.605. The van der Waals surface area contributed by atoms with Gasteiger partial charge in [-0.05, 0) is 5.92 Å². The number of aromatic nitrogens is 2. The minimum atomic E-state index is -0.635. The molecular weight excluding hydrogens is 242 g/mol. The zero-order chi connectivity index (χ0) is 12.7. The number of hydrogen-bond acceptors (Lipinski definition) is 7. The van der Waals surface area contributed by atoms with E-state index in [1.807, 2.05) is 13.8 Å². The zero-order valence-electron chi connectivity index (χ0n) is 10.0. The zero-order valence-corrected chi connectivity index (χ0v) is 10.9. The van der Waals surface area contributed by atoms with Crippen LogP contribution in [0.3, 0.4) is 0 Å². The maximum Gasteiger partial charge on any atom is 0.245 e. The molecule has 17 heavy (non-hydrogen) atoms. The van der Waals surface area contributed by atoms with Crippen molar-refractivity contribution in [3.05, 3.63) is 6.20 Å². The van der Waals surface area contributed by atoms with Gasteiger partial charge >= 0.3 is 0 Å². The molecule has 1 rings (SSSR count). The van der Waals surface area contributed by atoms with Crippen LogP contribution in [0.25, 0.3) is 0 Å². The van der Waals surface area contributed by atoms with Crippen molar-refractivity contribution in [1.82, 2.24) is 14.1 Å². The monoisotopic (exact) mass is 261 g/mol. The molecule has 0 bridgehead atoms. The number of aliphatic hydroxyl groups excluding tert-OH is 2. The highest BCUT2D eigenvalue weighted by atomic mass is 32.1. The first-order valence-electron chi connectivity index (χ1n) is 5.56. The molecule has 6 nitrogen and oxygen atoms in total.